The fourth-order valence-electron chi connectivity index (χ4n) is 5.97. The third-order valence-corrected chi connectivity index (χ3v) is 9.75. The number of halogens is 3. The summed E-state index contributed by atoms with van der Waals surface area (Å²) in [6.45, 7) is 6.91. The van der Waals surface area contributed by atoms with Crippen LogP contribution in [-0.2, 0) is 17.8 Å². The molecule has 0 saturated carbocycles. The summed E-state index contributed by atoms with van der Waals surface area (Å²) in [6, 6.07) is 18.8. The Labute approximate surface area is 314 Å². The van der Waals surface area contributed by atoms with Crippen LogP contribution in [-0.4, -0.2) is 83.9 Å². The Morgan fingerprint density at radius 1 is 0.961 bits per heavy atom. The molecule has 6 rings (SSSR count). The fourth-order valence-corrected chi connectivity index (χ4v) is 6.80. The Morgan fingerprint density at radius 2 is 1.57 bits per heavy atom. The first-order valence-electron chi connectivity index (χ1n) is 16.3. The third kappa shape index (κ3) is 8.09. The summed E-state index contributed by atoms with van der Waals surface area (Å²) >= 11 is 9.06. The number of nitrogens with zero attached hydrogens (tertiary/aromatic N) is 5. The van der Waals surface area contributed by atoms with Gasteiger partial charge in [0.2, 0.25) is 5.95 Å². The molecule has 51 heavy (non-hydrogen) atoms. The van der Waals surface area contributed by atoms with E-state index in [4.69, 9.17) is 35.5 Å². The molecule has 2 aromatic heterocycles. The molecule has 4 heterocycles. The molecule has 0 radical (unpaired) electrons. The maximum atomic E-state index is 16.0. The van der Waals surface area contributed by atoms with E-state index in [2.05, 4.69) is 32.5 Å². The molecular weight excluding hydrogens is 792 g/mol. The summed E-state index contributed by atoms with van der Waals surface area (Å²) in [7, 11) is 3.25. The first-order valence-corrected chi connectivity index (χ1v) is 17.8. The molecule has 2 amide bonds. The van der Waals surface area contributed by atoms with Crippen molar-refractivity contribution in [1.82, 2.24) is 19.8 Å². The average Bonchev–Trinajstić information content (AvgIpc) is 3.26. The Balaban J connectivity index is 1.33. The topological polar surface area (TPSA) is 107 Å². The standard InChI is InChI=1S/C37H38ClFIN5O6/c1-37(2,3)51-36(47)43-16-17-45-24(20-43)21-50-33-29(35(45)46)34(39)42-32(30(33)38)31-27(40)14-15-28(41-31)44(18-22-6-10-25(48-4)11-7-22)19-23-8-12-26(49-5)13-9-23/h6-15,24H,16-21H2,1-5H3/t24-/m1/s1. The van der Waals surface area contributed by atoms with Crippen molar-refractivity contribution in [2.75, 3.05) is 45.4 Å². The molecule has 2 aliphatic heterocycles. The van der Waals surface area contributed by atoms with E-state index in [1.54, 1.807) is 35.0 Å². The number of amides is 2. The lowest BCUT2D eigenvalue weighted by atomic mass is 10.1. The quantitative estimate of drug-likeness (QED) is 0.135. The van der Waals surface area contributed by atoms with E-state index in [0.717, 1.165) is 22.6 Å². The number of pyridine rings is 2. The lowest BCUT2D eigenvalue weighted by Crippen LogP contribution is -2.58. The number of ether oxygens (including phenoxy) is 4. The summed E-state index contributed by atoms with van der Waals surface area (Å²) in [5, 5.41) is -0.0250. The van der Waals surface area contributed by atoms with Gasteiger partial charge in [-0.15, -0.1) is 0 Å². The highest BCUT2D eigenvalue weighted by atomic mass is 127. The van der Waals surface area contributed by atoms with Crippen LogP contribution in [0.1, 0.15) is 42.3 Å². The minimum Gasteiger partial charge on any atom is -0.497 e. The second-order valence-corrected chi connectivity index (χ2v) is 14.8. The van der Waals surface area contributed by atoms with Gasteiger partial charge >= 0.3 is 6.09 Å². The van der Waals surface area contributed by atoms with E-state index in [1.165, 1.54) is 9.80 Å². The van der Waals surface area contributed by atoms with Gasteiger partial charge in [0, 0.05) is 36.3 Å². The van der Waals surface area contributed by atoms with Gasteiger partial charge < -0.3 is 33.6 Å². The molecule has 0 spiro atoms. The number of hydrogen-bond donors (Lipinski definition) is 0. The van der Waals surface area contributed by atoms with Crippen molar-refractivity contribution in [2.45, 2.75) is 45.5 Å². The number of benzene rings is 2. The Morgan fingerprint density at radius 3 is 2.14 bits per heavy atom. The molecule has 11 nitrogen and oxygen atoms in total. The molecule has 14 heteroatoms. The number of rotatable bonds is 8. The zero-order valence-electron chi connectivity index (χ0n) is 28.9. The summed E-state index contributed by atoms with van der Waals surface area (Å²) in [4.78, 5) is 40.9. The molecule has 0 aliphatic carbocycles. The predicted octanol–water partition coefficient (Wildman–Crippen LogP) is 7.22. The molecule has 1 atom stereocenters. The van der Waals surface area contributed by atoms with E-state index < -0.39 is 29.6 Å². The zero-order valence-corrected chi connectivity index (χ0v) is 31.8. The maximum Gasteiger partial charge on any atom is 0.410 e. The highest BCUT2D eigenvalue weighted by Crippen LogP contribution is 2.41. The predicted molar refractivity (Wildman–Crippen MR) is 199 cm³/mol. The molecule has 2 aliphatic rings. The van der Waals surface area contributed by atoms with Crippen LogP contribution in [0.3, 0.4) is 0 Å². The van der Waals surface area contributed by atoms with Crippen molar-refractivity contribution in [3.05, 3.63) is 91.9 Å². The van der Waals surface area contributed by atoms with Crippen LogP contribution in [0.2, 0.25) is 5.02 Å². The van der Waals surface area contributed by atoms with Crippen molar-refractivity contribution < 1.29 is 32.9 Å². The van der Waals surface area contributed by atoms with Crippen molar-refractivity contribution >= 4 is 52.0 Å². The van der Waals surface area contributed by atoms with Gasteiger partial charge in [0.15, 0.2) is 5.75 Å². The van der Waals surface area contributed by atoms with Gasteiger partial charge in [-0.1, -0.05) is 35.9 Å². The van der Waals surface area contributed by atoms with Crippen LogP contribution in [0, 0.1) is 9.52 Å². The largest absolute Gasteiger partial charge is 0.497 e. The molecule has 2 aromatic carbocycles. The normalized spacial score (nSPS) is 15.7. The van der Waals surface area contributed by atoms with Crippen LogP contribution in [0.25, 0.3) is 11.4 Å². The van der Waals surface area contributed by atoms with Crippen LogP contribution in [0.4, 0.5) is 15.0 Å². The van der Waals surface area contributed by atoms with E-state index in [-0.39, 0.29) is 48.3 Å². The van der Waals surface area contributed by atoms with Crippen LogP contribution in [0.5, 0.6) is 17.2 Å². The molecule has 0 unspecified atom stereocenters. The molecule has 4 aromatic rings. The minimum atomic E-state index is -1.01. The Kier molecular flexibility index (Phi) is 10.8. The average molecular weight is 830 g/mol. The van der Waals surface area contributed by atoms with Gasteiger partial charge in [0.1, 0.15) is 51.5 Å². The number of carbonyl (C=O) groups is 2. The number of piperazine rings is 1. The molecular formula is C37H38ClFIN5O6. The van der Waals surface area contributed by atoms with Crippen molar-refractivity contribution in [3.63, 3.8) is 0 Å². The summed E-state index contributed by atoms with van der Waals surface area (Å²) in [6.07, 6.45) is -0.488. The van der Waals surface area contributed by atoms with E-state index in [1.807, 2.05) is 60.7 Å². The summed E-state index contributed by atoms with van der Waals surface area (Å²) in [5.74, 6) is 0.383. The summed E-state index contributed by atoms with van der Waals surface area (Å²) < 4.78 is 39.0. The van der Waals surface area contributed by atoms with Gasteiger partial charge in [0.05, 0.1) is 20.3 Å². The number of methoxy groups -OCH3 is 2. The lowest BCUT2D eigenvalue weighted by molar-refractivity contribution is 0.000891. The SMILES string of the molecule is COc1ccc(CN(Cc2ccc(OC)cc2)c2ccc(I)c(-c3nc(F)c4c(c3Cl)OC[C@H]3CN(C(=O)OC(C)(C)C)CCN3C4=O)n2)cc1. The monoisotopic (exact) mass is 829 g/mol. The van der Waals surface area contributed by atoms with Crippen molar-refractivity contribution in [1.29, 1.82) is 0 Å². The number of fused-ring (bicyclic) bond motifs is 2. The molecule has 1 saturated heterocycles. The highest BCUT2D eigenvalue weighted by Gasteiger charge is 2.41. The van der Waals surface area contributed by atoms with Crippen LogP contribution >= 0.6 is 34.2 Å². The molecule has 268 valence electrons. The first-order chi connectivity index (χ1) is 24.3. The third-order valence-electron chi connectivity index (χ3n) is 8.52. The van der Waals surface area contributed by atoms with Gasteiger partial charge in [-0.25, -0.2) is 14.8 Å². The second kappa shape index (κ2) is 15.1. The maximum absolute atomic E-state index is 16.0. The van der Waals surface area contributed by atoms with E-state index in [0.29, 0.717) is 28.2 Å². The summed E-state index contributed by atoms with van der Waals surface area (Å²) in [5.41, 5.74) is 1.41. The van der Waals surface area contributed by atoms with Gasteiger partial charge in [-0.3, -0.25) is 4.79 Å². The van der Waals surface area contributed by atoms with E-state index >= 15 is 4.39 Å². The second-order valence-electron chi connectivity index (χ2n) is 13.2. The molecule has 0 bridgehead atoms. The number of carbonyl (C=O) groups excluding carboxylic acids is 2. The minimum absolute atomic E-state index is 0.0112. The van der Waals surface area contributed by atoms with Crippen molar-refractivity contribution in [3.8, 4) is 28.6 Å². The molecule has 0 N–H and O–H groups in total. The lowest BCUT2D eigenvalue weighted by Gasteiger charge is -2.40. The van der Waals surface area contributed by atoms with Gasteiger partial charge in [-0.05, 0) is 90.9 Å². The Hall–Kier alpha value is -4.37. The smallest absolute Gasteiger partial charge is 0.410 e. The Bertz CT molecular complexity index is 1880. The van der Waals surface area contributed by atoms with E-state index in [9.17, 15) is 9.59 Å². The van der Waals surface area contributed by atoms with Gasteiger partial charge in [-0.2, -0.15) is 4.39 Å². The number of aromatic nitrogens is 2. The molecule has 1 fully saturated rings. The number of hydrogen-bond acceptors (Lipinski definition) is 9. The first kappa shape index (κ1) is 36.4. The van der Waals surface area contributed by atoms with Gasteiger partial charge in [0.25, 0.3) is 5.91 Å². The van der Waals surface area contributed by atoms with Crippen LogP contribution < -0.4 is 19.1 Å². The van der Waals surface area contributed by atoms with Crippen molar-refractivity contribution in [2.24, 2.45) is 0 Å². The number of anilines is 1. The highest BCUT2D eigenvalue weighted by molar-refractivity contribution is 14.1. The fraction of sp³-hybridized carbons (Fsp3) is 0.351. The zero-order chi connectivity index (χ0) is 36.4. The van der Waals surface area contributed by atoms with Crippen LogP contribution in [0.15, 0.2) is 60.7 Å².